The van der Waals surface area contributed by atoms with Crippen LogP contribution in [-0.4, -0.2) is 38.6 Å². The van der Waals surface area contributed by atoms with Crippen molar-refractivity contribution in [3.05, 3.63) is 118 Å². The van der Waals surface area contributed by atoms with Crippen molar-refractivity contribution in [3.63, 3.8) is 0 Å². The highest BCUT2D eigenvalue weighted by molar-refractivity contribution is 6.31. The monoisotopic (exact) mass is 547 g/mol. The van der Waals surface area contributed by atoms with Gasteiger partial charge in [0.1, 0.15) is 23.5 Å². The van der Waals surface area contributed by atoms with Gasteiger partial charge in [0.2, 0.25) is 5.91 Å². The number of halogens is 3. The molecule has 0 saturated carbocycles. The smallest absolute Gasteiger partial charge is 0.259 e. The summed E-state index contributed by atoms with van der Waals surface area (Å²) >= 11 is 6.09. The average molecular weight is 548 g/mol. The standard InChI is InChI=1S/C28H20ClF2N5O3/c29-17-5-8-21-23(12-17)34-27(38)24(13-19-3-1-2-10-32-19)36(28(21)39)15-16-4-7-20(22(31)11-16)26(37)35-25-9-6-18(30)14-33-25/h1-12,14,24H,13,15H2,(H,34,38)(H,33,35,37)/t24-/m1/s1. The van der Waals surface area contributed by atoms with E-state index in [1.807, 2.05) is 0 Å². The maximum Gasteiger partial charge on any atom is 0.259 e. The van der Waals surface area contributed by atoms with Gasteiger partial charge < -0.3 is 15.5 Å². The number of hydrogen-bond donors (Lipinski definition) is 2. The molecule has 5 rings (SSSR count). The molecule has 8 nitrogen and oxygen atoms in total. The lowest BCUT2D eigenvalue weighted by molar-refractivity contribution is -0.120. The fourth-order valence-corrected chi connectivity index (χ4v) is 4.41. The Bertz CT molecular complexity index is 1570. The molecular weight excluding hydrogens is 528 g/mol. The number of pyridine rings is 2. The largest absolute Gasteiger partial charge is 0.323 e. The maximum absolute atomic E-state index is 15.1. The van der Waals surface area contributed by atoms with Crippen LogP contribution in [0, 0.1) is 11.6 Å². The third-order valence-electron chi connectivity index (χ3n) is 6.14. The number of carbonyl (C=O) groups is 3. The molecule has 39 heavy (non-hydrogen) atoms. The number of aromatic nitrogens is 2. The summed E-state index contributed by atoms with van der Waals surface area (Å²) in [4.78, 5) is 48.9. The number of fused-ring (bicyclic) bond motifs is 1. The highest BCUT2D eigenvalue weighted by Crippen LogP contribution is 2.29. The predicted molar refractivity (Wildman–Crippen MR) is 140 cm³/mol. The number of hydrogen-bond acceptors (Lipinski definition) is 5. The van der Waals surface area contributed by atoms with Crippen LogP contribution in [0.2, 0.25) is 5.02 Å². The van der Waals surface area contributed by atoms with E-state index in [0.29, 0.717) is 16.3 Å². The third kappa shape index (κ3) is 5.75. The lowest BCUT2D eigenvalue weighted by atomic mass is 10.0. The molecule has 11 heteroatoms. The Morgan fingerprint density at radius 1 is 1.03 bits per heavy atom. The van der Waals surface area contributed by atoms with E-state index in [-0.39, 0.29) is 35.6 Å². The van der Waals surface area contributed by atoms with Crippen LogP contribution in [0.5, 0.6) is 0 Å². The van der Waals surface area contributed by atoms with Crippen molar-refractivity contribution < 1.29 is 23.2 Å². The Morgan fingerprint density at radius 3 is 2.59 bits per heavy atom. The molecule has 0 saturated heterocycles. The molecule has 0 fully saturated rings. The van der Waals surface area contributed by atoms with Crippen molar-refractivity contribution in [1.29, 1.82) is 0 Å². The van der Waals surface area contributed by atoms with Crippen LogP contribution >= 0.6 is 11.6 Å². The highest BCUT2D eigenvalue weighted by atomic mass is 35.5. The summed E-state index contributed by atoms with van der Waals surface area (Å²) in [5, 5.41) is 5.53. The molecule has 4 aromatic rings. The normalized spacial score (nSPS) is 14.8. The van der Waals surface area contributed by atoms with Crippen molar-refractivity contribution in [2.75, 3.05) is 10.6 Å². The first kappa shape index (κ1) is 25.9. The molecule has 0 unspecified atom stereocenters. The second-order valence-corrected chi connectivity index (χ2v) is 9.22. The van der Waals surface area contributed by atoms with E-state index < -0.39 is 35.4 Å². The SMILES string of the molecule is O=C(Nc1ccc(F)cn1)c1ccc(CN2C(=O)c3ccc(Cl)cc3NC(=O)[C@H]2Cc2ccccn2)cc1F. The predicted octanol–water partition coefficient (Wildman–Crippen LogP) is 4.87. The summed E-state index contributed by atoms with van der Waals surface area (Å²) in [6, 6.07) is 15.1. The van der Waals surface area contributed by atoms with E-state index in [2.05, 4.69) is 20.6 Å². The second-order valence-electron chi connectivity index (χ2n) is 8.78. The Morgan fingerprint density at radius 2 is 1.87 bits per heavy atom. The van der Waals surface area contributed by atoms with Crippen LogP contribution < -0.4 is 10.6 Å². The van der Waals surface area contributed by atoms with Crippen molar-refractivity contribution in [2.24, 2.45) is 0 Å². The van der Waals surface area contributed by atoms with E-state index in [4.69, 9.17) is 11.6 Å². The fraction of sp³-hybridized carbons (Fsp3) is 0.107. The van der Waals surface area contributed by atoms with Crippen molar-refractivity contribution in [1.82, 2.24) is 14.9 Å². The number of amides is 3. The van der Waals surface area contributed by atoms with Crippen LogP contribution in [0.25, 0.3) is 0 Å². The van der Waals surface area contributed by atoms with Crippen molar-refractivity contribution in [2.45, 2.75) is 19.0 Å². The first-order valence-electron chi connectivity index (χ1n) is 11.8. The van der Waals surface area contributed by atoms with Gasteiger partial charge in [-0.3, -0.25) is 19.4 Å². The topological polar surface area (TPSA) is 104 Å². The molecule has 196 valence electrons. The number of rotatable bonds is 6. The van der Waals surface area contributed by atoms with Gasteiger partial charge >= 0.3 is 0 Å². The highest BCUT2D eigenvalue weighted by Gasteiger charge is 2.36. The summed E-state index contributed by atoms with van der Waals surface area (Å²) in [6.07, 6.45) is 2.63. The number of nitrogens with zero attached hydrogens (tertiary/aromatic N) is 3. The molecule has 0 aliphatic carbocycles. The molecule has 3 heterocycles. The van der Waals surface area contributed by atoms with Gasteiger partial charge in [0.15, 0.2) is 0 Å². The van der Waals surface area contributed by atoms with Gasteiger partial charge in [-0.25, -0.2) is 13.8 Å². The summed E-state index contributed by atoms with van der Waals surface area (Å²) in [6.45, 7) is -0.121. The van der Waals surface area contributed by atoms with E-state index in [9.17, 15) is 18.8 Å². The minimum Gasteiger partial charge on any atom is -0.323 e. The van der Waals surface area contributed by atoms with Gasteiger partial charge in [-0.1, -0.05) is 23.7 Å². The quantitative estimate of drug-likeness (QED) is 0.358. The first-order chi connectivity index (χ1) is 18.8. The van der Waals surface area contributed by atoms with Crippen LogP contribution in [0.3, 0.4) is 0 Å². The summed E-state index contributed by atoms with van der Waals surface area (Å²) in [5.74, 6) is -3.03. The third-order valence-corrected chi connectivity index (χ3v) is 6.37. The Labute approximate surface area is 226 Å². The number of nitrogens with one attached hydrogen (secondary N) is 2. The maximum atomic E-state index is 15.1. The summed E-state index contributed by atoms with van der Waals surface area (Å²) in [5.41, 5.74) is 1.19. The number of anilines is 2. The summed E-state index contributed by atoms with van der Waals surface area (Å²) in [7, 11) is 0. The molecule has 1 atom stereocenters. The van der Waals surface area contributed by atoms with Crippen molar-refractivity contribution >= 4 is 40.8 Å². The zero-order valence-electron chi connectivity index (χ0n) is 20.2. The Hall–Kier alpha value is -4.70. The van der Waals surface area contributed by atoms with Crippen molar-refractivity contribution in [3.8, 4) is 0 Å². The van der Waals surface area contributed by atoms with Gasteiger partial charge in [-0.2, -0.15) is 0 Å². The van der Waals surface area contributed by atoms with Gasteiger partial charge in [0, 0.05) is 29.9 Å². The Balaban J connectivity index is 1.44. The number of carbonyl (C=O) groups excluding carboxylic acids is 3. The molecular formula is C28H20ClF2N5O3. The zero-order valence-corrected chi connectivity index (χ0v) is 21.0. The second kappa shape index (κ2) is 11.0. The van der Waals surface area contributed by atoms with Crippen LogP contribution in [0.1, 0.15) is 32.0 Å². The lowest BCUT2D eigenvalue weighted by Gasteiger charge is -2.29. The Kier molecular flexibility index (Phi) is 7.29. The first-order valence-corrected chi connectivity index (χ1v) is 12.2. The average Bonchev–Trinajstić information content (AvgIpc) is 3.00. The summed E-state index contributed by atoms with van der Waals surface area (Å²) < 4.78 is 28.1. The minimum atomic E-state index is -0.964. The van der Waals surface area contributed by atoms with Gasteiger partial charge in [-0.05, 0) is 60.2 Å². The lowest BCUT2D eigenvalue weighted by Crippen LogP contribution is -2.46. The van der Waals surface area contributed by atoms with Gasteiger partial charge in [-0.15, -0.1) is 0 Å². The van der Waals surface area contributed by atoms with E-state index in [0.717, 1.165) is 18.3 Å². The van der Waals surface area contributed by atoms with Crippen LogP contribution in [-0.2, 0) is 17.8 Å². The molecule has 2 aromatic heterocycles. The van der Waals surface area contributed by atoms with Gasteiger partial charge in [0.25, 0.3) is 11.8 Å². The van der Waals surface area contributed by atoms with E-state index in [1.165, 1.54) is 35.2 Å². The minimum absolute atomic E-state index is 0.0576. The van der Waals surface area contributed by atoms with Crippen LogP contribution in [0.15, 0.2) is 79.1 Å². The molecule has 1 aliphatic rings. The van der Waals surface area contributed by atoms with E-state index >= 15 is 4.39 Å². The fourth-order valence-electron chi connectivity index (χ4n) is 4.23. The molecule has 1 aliphatic heterocycles. The molecule has 0 spiro atoms. The molecule has 0 bridgehead atoms. The van der Waals surface area contributed by atoms with Crippen LogP contribution in [0.4, 0.5) is 20.3 Å². The number of benzene rings is 2. The van der Waals surface area contributed by atoms with Gasteiger partial charge in [0.05, 0.1) is 23.0 Å². The molecule has 2 aromatic carbocycles. The molecule has 3 amide bonds. The van der Waals surface area contributed by atoms with E-state index in [1.54, 1.807) is 30.5 Å². The molecule has 0 radical (unpaired) electrons. The molecule has 2 N–H and O–H groups in total. The zero-order chi connectivity index (χ0) is 27.5.